The molecule has 0 fully saturated rings. The first-order valence-corrected chi connectivity index (χ1v) is 6.84. The van der Waals surface area contributed by atoms with E-state index < -0.39 is 0 Å². The Bertz CT molecular complexity index is 620. The van der Waals surface area contributed by atoms with E-state index in [0.29, 0.717) is 5.56 Å². The summed E-state index contributed by atoms with van der Waals surface area (Å²) >= 11 is 9.39. The Hall–Kier alpha value is -1.39. The van der Waals surface area contributed by atoms with E-state index in [1.807, 2.05) is 26.0 Å². The number of anilines is 1. The lowest BCUT2D eigenvalue weighted by molar-refractivity contribution is 0.102. The molecule has 0 saturated heterocycles. The van der Waals surface area contributed by atoms with E-state index in [4.69, 9.17) is 11.6 Å². The summed E-state index contributed by atoms with van der Waals surface area (Å²) in [4.78, 5) is 16.0. The molecule has 0 saturated carbocycles. The average Bonchev–Trinajstić information content (AvgIpc) is 2.36. The van der Waals surface area contributed by atoms with Crippen LogP contribution in [0.3, 0.4) is 0 Å². The van der Waals surface area contributed by atoms with Crippen LogP contribution in [0.1, 0.15) is 21.5 Å². The molecule has 2 aromatic rings. The number of nitrogens with one attached hydrogen (secondary N) is 1. The largest absolute Gasteiger partial charge is 0.322 e. The minimum atomic E-state index is -0.265. The Morgan fingerprint density at radius 2 is 1.95 bits per heavy atom. The Kier molecular flexibility index (Phi) is 4.22. The second-order valence-corrected chi connectivity index (χ2v) is 5.37. The molecule has 0 aliphatic heterocycles. The predicted molar refractivity (Wildman–Crippen MR) is 80.8 cm³/mol. The number of carbonyl (C=O) groups excluding carboxylic acids is 1. The SMILES string of the molecule is Cc1cc(NC(=O)c2cccnc2Cl)cc(C)c1Br. The summed E-state index contributed by atoms with van der Waals surface area (Å²) in [5.74, 6) is -0.265. The van der Waals surface area contributed by atoms with Crippen LogP contribution in [0.5, 0.6) is 0 Å². The quantitative estimate of drug-likeness (QED) is 0.826. The van der Waals surface area contributed by atoms with Gasteiger partial charge in [-0.3, -0.25) is 4.79 Å². The number of hydrogen-bond acceptors (Lipinski definition) is 2. The number of amides is 1. The van der Waals surface area contributed by atoms with Crippen LogP contribution in [-0.2, 0) is 0 Å². The highest BCUT2D eigenvalue weighted by molar-refractivity contribution is 9.10. The number of benzene rings is 1. The van der Waals surface area contributed by atoms with Gasteiger partial charge in [-0.1, -0.05) is 27.5 Å². The van der Waals surface area contributed by atoms with Gasteiger partial charge in [-0.2, -0.15) is 0 Å². The number of pyridine rings is 1. The van der Waals surface area contributed by atoms with Crippen molar-refractivity contribution in [2.45, 2.75) is 13.8 Å². The summed E-state index contributed by atoms with van der Waals surface area (Å²) in [6, 6.07) is 7.13. The molecule has 1 aromatic heterocycles. The Morgan fingerprint density at radius 1 is 1.32 bits per heavy atom. The van der Waals surface area contributed by atoms with Crippen LogP contribution in [0.15, 0.2) is 34.9 Å². The number of carbonyl (C=O) groups is 1. The first-order valence-electron chi connectivity index (χ1n) is 5.67. The zero-order valence-corrected chi connectivity index (χ0v) is 12.8. The molecule has 5 heteroatoms. The van der Waals surface area contributed by atoms with E-state index in [2.05, 4.69) is 26.2 Å². The fourth-order valence-corrected chi connectivity index (χ4v) is 2.21. The Morgan fingerprint density at radius 3 is 2.53 bits per heavy atom. The van der Waals surface area contributed by atoms with E-state index in [9.17, 15) is 4.79 Å². The first kappa shape index (κ1) is 14.0. The van der Waals surface area contributed by atoms with E-state index in [-0.39, 0.29) is 11.1 Å². The van der Waals surface area contributed by atoms with Gasteiger partial charge in [0.05, 0.1) is 5.56 Å². The molecule has 0 unspecified atom stereocenters. The third-order valence-corrected chi connectivity index (χ3v) is 4.25. The Labute approximate surface area is 125 Å². The number of rotatable bonds is 2. The third-order valence-electron chi connectivity index (χ3n) is 2.70. The van der Waals surface area contributed by atoms with Crippen molar-refractivity contribution in [2.75, 3.05) is 5.32 Å². The summed E-state index contributed by atoms with van der Waals surface area (Å²) in [6.07, 6.45) is 1.55. The van der Waals surface area contributed by atoms with Crippen molar-refractivity contribution in [1.29, 1.82) is 0 Å². The standard InChI is InChI=1S/C14H12BrClN2O/c1-8-6-10(7-9(2)12(8)15)18-14(19)11-4-3-5-17-13(11)16/h3-7H,1-2H3,(H,18,19). The number of hydrogen-bond donors (Lipinski definition) is 1. The molecule has 98 valence electrons. The van der Waals surface area contributed by atoms with Gasteiger partial charge in [0.1, 0.15) is 5.15 Å². The van der Waals surface area contributed by atoms with Crippen LogP contribution in [0.25, 0.3) is 0 Å². The Balaban J connectivity index is 2.27. The van der Waals surface area contributed by atoms with Crippen molar-refractivity contribution >= 4 is 39.1 Å². The molecular formula is C14H12BrClN2O. The van der Waals surface area contributed by atoms with Crippen LogP contribution in [0.2, 0.25) is 5.15 Å². The van der Waals surface area contributed by atoms with Gasteiger partial charge in [0.2, 0.25) is 0 Å². The molecule has 0 atom stereocenters. The highest BCUT2D eigenvalue weighted by atomic mass is 79.9. The van der Waals surface area contributed by atoms with E-state index in [1.54, 1.807) is 18.3 Å². The maximum absolute atomic E-state index is 12.1. The van der Waals surface area contributed by atoms with Crippen molar-refractivity contribution in [2.24, 2.45) is 0 Å². The molecule has 0 bridgehead atoms. The molecule has 0 spiro atoms. The van der Waals surface area contributed by atoms with Crippen LogP contribution >= 0.6 is 27.5 Å². The van der Waals surface area contributed by atoms with Gasteiger partial charge in [-0.05, 0) is 49.2 Å². The molecule has 1 aromatic carbocycles. The minimum absolute atomic E-state index is 0.200. The third kappa shape index (κ3) is 3.14. The lowest BCUT2D eigenvalue weighted by Gasteiger charge is -2.10. The molecule has 3 nitrogen and oxygen atoms in total. The molecule has 1 amide bonds. The van der Waals surface area contributed by atoms with Gasteiger partial charge in [-0.25, -0.2) is 4.98 Å². The monoisotopic (exact) mass is 338 g/mol. The fourth-order valence-electron chi connectivity index (χ4n) is 1.77. The van der Waals surface area contributed by atoms with Crippen LogP contribution in [0, 0.1) is 13.8 Å². The highest BCUT2D eigenvalue weighted by Crippen LogP contribution is 2.25. The van der Waals surface area contributed by atoms with Crippen molar-refractivity contribution in [3.05, 3.63) is 56.8 Å². The predicted octanol–water partition coefficient (Wildman–Crippen LogP) is 4.37. The minimum Gasteiger partial charge on any atom is -0.322 e. The van der Waals surface area contributed by atoms with Crippen molar-refractivity contribution in [1.82, 2.24) is 4.98 Å². The summed E-state index contributed by atoms with van der Waals surface area (Å²) in [5, 5.41) is 3.02. The topological polar surface area (TPSA) is 42.0 Å². The molecular weight excluding hydrogens is 328 g/mol. The van der Waals surface area contributed by atoms with Crippen LogP contribution < -0.4 is 5.32 Å². The molecule has 19 heavy (non-hydrogen) atoms. The molecule has 1 N–H and O–H groups in total. The molecule has 0 aliphatic rings. The smallest absolute Gasteiger partial charge is 0.258 e. The van der Waals surface area contributed by atoms with E-state index in [1.165, 1.54) is 0 Å². The lowest BCUT2D eigenvalue weighted by Crippen LogP contribution is -2.13. The summed E-state index contributed by atoms with van der Waals surface area (Å²) in [6.45, 7) is 3.95. The van der Waals surface area contributed by atoms with Crippen molar-refractivity contribution in [3.8, 4) is 0 Å². The maximum atomic E-state index is 12.1. The number of aromatic nitrogens is 1. The zero-order chi connectivity index (χ0) is 14.0. The second-order valence-electron chi connectivity index (χ2n) is 4.22. The van der Waals surface area contributed by atoms with Crippen LogP contribution in [-0.4, -0.2) is 10.9 Å². The van der Waals surface area contributed by atoms with E-state index >= 15 is 0 Å². The normalized spacial score (nSPS) is 10.3. The molecule has 1 heterocycles. The number of nitrogens with zero attached hydrogens (tertiary/aromatic N) is 1. The average molecular weight is 340 g/mol. The van der Waals surface area contributed by atoms with E-state index in [0.717, 1.165) is 21.3 Å². The van der Waals surface area contributed by atoms with Crippen molar-refractivity contribution in [3.63, 3.8) is 0 Å². The molecule has 0 aliphatic carbocycles. The summed E-state index contributed by atoms with van der Waals surface area (Å²) < 4.78 is 1.05. The summed E-state index contributed by atoms with van der Waals surface area (Å²) in [7, 11) is 0. The van der Waals surface area contributed by atoms with Gasteiger partial charge in [0.25, 0.3) is 5.91 Å². The second kappa shape index (κ2) is 5.72. The summed E-state index contributed by atoms with van der Waals surface area (Å²) in [5.41, 5.74) is 3.23. The lowest BCUT2D eigenvalue weighted by atomic mass is 10.1. The van der Waals surface area contributed by atoms with Gasteiger partial charge in [0, 0.05) is 16.4 Å². The molecule has 0 radical (unpaired) electrons. The highest BCUT2D eigenvalue weighted by Gasteiger charge is 2.11. The van der Waals surface area contributed by atoms with Gasteiger partial charge in [0.15, 0.2) is 0 Å². The number of aryl methyl sites for hydroxylation is 2. The van der Waals surface area contributed by atoms with Gasteiger partial charge >= 0.3 is 0 Å². The maximum Gasteiger partial charge on any atom is 0.258 e. The van der Waals surface area contributed by atoms with Gasteiger partial charge < -0.3 is 5.32 Å². The number of halogens is 2. The van der Waals surface area contributed by atoms with Crippen molar-refractivity contribution < 1.29 is 4.79 Å². The fraction of sp³-hybridized carbons (Fsp3) is 0.143. The van der Waals surface area contributed by atoms with Gasteiger partial charge in [-0.15, -0.1) is 0 Å². The zero-order valence-electron chi connectivity index (χ0n) is 10.5. The van der Waals surface area contributed by atoms with Crippen LogP contribution in [0.4, 0.5) is 5.69 Å². The molecule has 2 rings (SSSR count). The first-order chi connectivity index (χ1) is 8.99.